The molecule has 2 aromatic rings. The fourth-order valence-corrected chi connectivity index (χ4v) is 2.07. The van der Waals surface area contributed by atoms with Crippen molar-refractivity contribution in [2.75, 3.05) is 0 Å². The molecule has 1 N–H and O–H groups in total. The van der Waals surface area contributed by atoms with Gasteiger partial charge in [0, 0.05) is 4.47 Å². The summed E-state index contributed by atoms with van der Waals surface area (Å²) in [5.41, 5.74) is 3.53. The topological polar surface area (TPSA) is 20.2 Å². The Morgan fingerprint density at radius 1 is 1.00 bits per heavy atom. The Morgan fingerprint density at radius 2 is 1.67 bits per heavy atom. The van der Waals surface area contributed by atoms with Gasteiger partial charge in [-0.15, -0.1) is 0 Å². The summed E-state index contributed by atoms with van der Waals surface area (Å²) in [6, 6.07) is 13.4. The lowest BCUT2D eigenvalue weighted by Crippen LogP contribution is -1.82. The number of phenolic OH excluding ortho intramolecular Hbond substituents is 1. The second kappa shape index (κ2) is 4.07. The maximum atomic E-state index is 9.21. The van der Waals surface area contributed by atoms with E-state index < -0.39 is 0 Å². The summed E-state index contributed by atoms with van der Waals surface area (Å²) in [6.45, 7) is 2.08. The Balaban J connectivity index is 2.49. The molecule has 0 spiro atoms. The normalized spacial score (nSPS) is 10.3. The van der Waals surface area contributed by atoms with Crippen LogP contribution in [-0.4, -0.2) is 5.11 Å². The Kier molecular flexibility index (Phi) is 2.78. The number of aryl methyl sites for hydroxylation is 1. The lowest BCUT2D eigenvalue weighted by molar-refractivity contribution is 0.475. The molecule has 0 radical (unpaired) electrons. The van der Waals surface area contributed by atoms with E-state index in [0.717, 1.165) is 10.0 Å². The van der Waals surface area contributed by atoms with E-state index in [1.165, 1.54) is 11.1 Å². The lowest BCUT2D eigenvalue weighted by Gasteiger charge is -2.06. The largest absolute Gasteiger partial charge is 0.508 e. The van der Waals surface area contributed by atoms with Gasteiger partial charge < -0.3 is 5.11 Å². The first-order valence-corrected chi connectivity index (χ1v) is 5.51. The maximum Gasteiger partial charge on any atom is 0.115 e. The molecule has 0 amide bonds. The van der Waals surface area contributed by atoms with Crippen molar-refractivity contribution in [3.05, 3.63) is 52.5 Å². The number of phenols is 1. The Bertz CT molecular complexity index is 474. The van der Waals surface area contributed by atoms with E-state index in [1.54, 1.807) is 12.1 Å². The Morgan fingerprint density at radius 3 is 2.27 bits per heavy atom. The number of halogens is 1. The SMILES string of the molecule is Cc1cc(Br)ccc1-c1ccc(O)cc1. The molecule has 0 aliphatic carbocycles. The van der Waals surface area contributed by atoms with Crippen LogP contribution in [0.15, 0.2) is 46.9 Å². The second-order valence-corrected chi connectivity index (χ2v) is 4.42. The van der Waals surface area contributed by atoms with Crippen LogP contribution >= 0.6 is 15.9 Å². The molecule has 2 aromatic carbocycles. The van der Waals surface area contributed by atoms with Crippen LogP contribution in [0.2, 0.25) is 0 Å². The van der Waals surface area contributed by atoms with Gasteiger partial charge in [0.1, 0.15) is 5.75 Å². The van der Waals surface area contributed by atoms with Crippen molar-refractivity contribution < 1.29 is 5.11 Å². The van der Waals surface area contributed by atoms with Crippen LogP contribution in [-0.2, 0) is 0 Å². The van der Waals surface area contributed by atoms with E-state index in [-0.39, 0.29) is 0 Å². The van der Waals surface area contributed by atoms with Crippen molar-refractivity contribution in [1.29, 1.82) is 0 Å². The van der Waals surface area contributed by atoms with Crippen LogP contribution in [0.5, 0.6) is 5.75 Å². The van der Waals surface area contributed by atoms with E-state index in [4.69, 9.17) is 0 Å². The van der Waals surface area contributed by atoms with Crippen LogP contribution in [0.25, 0.3) is 11.1 Å². The molecule has 0 atom stereocenters. The van der Waals surface area contributed by atoms with Crippen LogP contribution in [0, 0.1) is 6.92 Å². The molecule has 0 bridgehead atoms. The van der Waals surface area contributed by atoms with E-state index in [9.17, 15) is 5.11 Å². The summed E-state index contributed by atoms with van der Waals surface area (Å²) >= 11 is 3.44. The molecule has 1 nitrogen and oxygen atoms in total. The zero-order chi connectivity index (χ0) is 10.8. The maximum absolute atomic E-state index is 9.21. The first-order valence-electron chi connectivity index (χ1n) is 4.72. The molecule has 76 valence electrons. The standard InChI is InChI=1S/C13H11BrO/c1-9-8-11(14)4-7-13(9)10-2-5-12(15)6-3-10/h2-8,15H,1H3. The first kappa shape index (κ1) is 10.2. The van der Waals surface area contributed by atoms with Gasteiger partial charge in [0.15, 0.2) is 0 Å². The molecule has 2 rings (SSSR count). The number of hydrogen-bond acceptors (Lipinski definition) is 1. The van der Waals surface area contributed by atoms with Gasteiger partial charge in [0.2, 0.25) is 0 Å². The van der Waals surface area contributed by atoms with E-state index in [0.29, 0.717) is 5.75 Å². The van der Waals surface area contributed by atoms with Gasteiger partial charge in [-0.3, -0.25) is 0 Å². The lowest BCUT2D eigenvalue weighted by atomic mass is 10.0. The molecule has 2 heteroatoms. The van der Waals surface area contributed by atoms with Crippen LogP contribution in [0.4, 0.5) is 0 Å². The highest BCUT2D eigenvalue weighted by atomic mass is 79.9. The van der Waals surface area contributed by atoms with Gasteiger partial charge in [0.05, 0.1) is 0 Å². The van der Waals surface area contributed by atoms with Gasteiger partial charge in [-0.25, -0.2) is 0 Å². The van der Waals surface area contributed by atoms with Crippen molar-refractivity contribution in [3.63, 3.8) is 0 Å². The van der Waals surface area contributed by atoms with E-state index in [1.807, 2.05) is 18.2 Å². The summed E-state index contributed by atoms with van der Waals surface area (Å²) in [5.74, 6) is 0.300. The summed E-state index contributed by atoms with van der Waals surface area (Å²) in [4.78, 5) is 0. The van der Waals surface area contributed by atoms with Gasteiger partial charge in [-0.2, -0.15) is 0 Å². The minimum Gasteiger partial charge on any atom is -0.508 e. The van der Waals surface area contributed by atoms with Crippen LogP contribution in [0.1, 0.15) is 5.56 Å². The molecule has 0 heterocycles. The number of hydrogen-bond donors (Lipinski definition) is 1. The van der Waals surface area contributed by atoms with E-state index >= 15 is 0 Å². The minimum atomic E-state index is 0.300. The Hall–Kier alpha value is -1.28. The zero-order valence-electron chi connectivity index (χ0n) is 8.37. The van der Waals surface area contributed by atoms with Gasteiger partial charge in [-0.05, 0) is 47.9 Å². The molecule has 0 aliphatic heterocycles. The number of benzene rings is 2. The molecular weight excluding hydrogens is 252 g/mol. The summed E-state index contributed by atoms with van der Waals surface area (Å²) < 4.78 is 1.09. The molecule has 0 saturated carbocycles. The fourth-order valence-electron chi connectivity index (χ4n) is 1.59. The molecule has 0 saturated heterocycles. The molecule has 0 unspecified atom stereocenters. The second-order valence-electron chi connectivity index (χ2n) is 3.51. The average Bonchev–Trinajstić information content (AvgIpc) is 2.20. The van der Waals surface area contributed by atoms with Gasteiger partial charge in [-0.1, -0.05) is 34.1 Å². The van der Waals surface area contributed by atoms with Crippen molar-refractivity contribution in [3.8, 4) is 16.9 Å². The highest BCUT2D eigenvalue weighted by molar-refractivity contribution is 9.10. The smallest absolute Gasteiger partial charge is 0.115 e. The number of rotatable bonds is 1. The predicted molar refractivity (Wildman–Crippen MR) is 66.0 cm³/mol. The number of aromatic hydroxyl groups is 1. The van der Waals surface area contributed by atoms with Crippen molar-refractivity contribution >= 4 is 15.9 Å². The fraction of sp³-hybridized carbons (Fsp3) is 0.0769. The third-order valence-electron chi connectivity index (χ3n) is 2.37. The highest BCUT2D eigenvalue weighted by Crippen LogP contribution is 2.27. The van der Waals surface area contributed by atoms with E-state index in [2.05, 4.69) is 35.0 Å². The first-order chi connectivity index (χ1) is 7.16. The third-order valence-corrected chi connectivity index (χ3v) is 2.86. The van der Waals surface area contributed by atoms with Gasteiger partial charge >= 0.3 is 0 Å². The quantitative estimate of drug-likeness (QED) is 0.820. The highest BCUT2D eigenvalue weighted by Gasteiger charge is 2.01. The average molecular weight is 263 g/mol. The monoisotopic (exact) mass is 262 g/mol. The third kappa shape index (κ3) is 2.21. The van der Waals surface area contributed by atoms with Crippen molar-refractivity contribution in [1.82, 2.24) is 0 Å². The molecule has 15 heavy (non-hydrogen) atoms. The molecule has 0 aromatic heterocycles. The van der Waals surface area contributed by atoms with Gasteiger partial charge in [0.25, 0.3) is 0 Å². The molecule has 0 aliphatic rings. The Labute approximate surface area is 97.5 Å². The van der Waals surface area contributed by atoms with Crippen molar-refractivity contribution in [2.45, 2.75) is 6.92 Å². The predicted octanol–water partition coefficient (Wildman–Crippen LogP) is 4.13. The summed E-state index contributed by atoms with van der Waals surface area (Å²) in [6.07, 6.45) is 0. The van der Waals surface area contributed by atoms with Crippen LogP contribution < -0.4 is 0 Å². The molecule has 0 fully saturated rings. The molecular formula is C13H11BrO. The van der Waals surface area contributed by atoms with Crippen LogP contribution in [0.3, 0.4) is 0 Å². The van der Waals surface area contributed by atoms with Crippen molar-refractivity contribution in [2.24, 2.45) is 0 Å². The minimum absolute atomic E-state index is 0.300. The summed E-state index contributed by atoms with van der Waals surface area (Å²) in [7, 11) is 0. The summed E-state index contributed by atoms with van der Waals surface area (Å²) in [5, 5.41) is 9.21. The zero-order valence-corrected chi connectivity index (χ0v) is 9.95.